The van der Waals surface area contributed by atoms with Gasteiger partial charge in [0.1, 0.15) is 0 Å². The van der Waals surface area contributed by atoms with Crippen LogP contribution in [0.25, 0.3) is 0 Å². The summed E-state index contributed by atoms with van der Waals surface area (Å²) in [6.45, 7) is 3.30. The van der Waals surface area contributed by atoms with E-state index in [0.717, 1.165) is 5.56 Å². The summed E-state index contributed by atoms with van der Waals surface area (Å²) in [6, 6.07) is 7.02. The number of amides is 1. The number of para-hydroxylation sites is 1. The van der Waals surface area contributed by atoms with Crippen LogP contribution in [0, 0.1) is 0 Å². The summed E-state index contributed by atoms with van der Waals surface area (Å²) in [6.07, 6.45) is 0.844. The monoisotopic (exact) mass is 334 g/mol. The molecule has 3 N–H and O–H groups in total. The minimum absolute atomic E-state index is 0. The van der Waals surface area contributed by atoms with E-state index >= 15 is 0 Å². The molecule has 21 heavy (non-hydrogen) atoms. The number of benzene rings is 1. The van der Waals surface area contributed by atoms with Crippen LogP contribution in [-0.2, 0) is 21.1 Å². The van der Waals surface area contributed by atoms with Crippen LogP contribution in [0.3, 0.4) is 0 Å². The number of nitrogen functional groups attached to an aromatic ring is 1. The highest BCUT2D eigenvalue weighted by atomic mass is 35.5. The third kappa shape index (κ3) is 7.34. The van der Waals surface area contributed by atoms with Crippen LogP contribution in [0.2, 0.25) is 0 Å². The van der Waals surface area contributed by atoms with E-state index in [1.807, 2.05) is 18.2 Å². The van der Waals surface area contributed by atoms with E-state index in [2.05, 4.69) is 5.32 Å². The molecule has 1 atom stereocenters. The van der Waals surface area contributed by atoms with Crippen molar-refractivity contribution in [2.45, 2.75) is 32.7 Å². The quantitative estimate of drug-likeness (QED) is 0.740. The fourth-order valence-corrected chi connectivity index (χ4v) is 2.98. The number of halogens is 1. The molecule has 5 nitrogen and oxygen atoms in total. The Bertz CT molecular complexity index is 561. The van der Waals surface area contributed by atoms with Gasteiger partial charge in [-0.2, -0.15) is 0 Å². The summed E-state index contributed by atoms with van der Waals surface area (Å²) in [5, 5.41) is 2.70. The molecule has 1 aromatic carbocycles. The molecule has 0 spiro atoms. The maximum Gasteiger partial charge on any atom is 0.220 e. The predicted molar refractivity (Wildman–Crippen MR) is 88.4 cm³/mol. The lowest BCUT2D eigenvalue weighted by atomic mass is 10.1. The summed E-state index contributed by atoms with van der Waals surface area (Å²) in [7, 11) is -3.07. The minimum Gasteiger partial charge on any atom is -0.399 e. The lowest BCUT2D eigenvalue weighted by molar-refractivity contribution is -0.121. The van der Waals surface area contributed by atoms with Gasteiger partial charge >= 0.3 is 0 Å². The van der Waals surface area contributed by atoms with Gasteiger partial charge in [-0.25, -0.2) is 8.42 Å². The topological polar surface area (TPSA) is 89.3 Å². The molecule has 1 unspecified atom stereocenters. The van der Waals surface area contributed by atoms with Crippen LogP contribution >= 0.6 is 12.4 Å². The number of hydrogen-bond donors (Lipinski definition) is 2. The van der Waals surface area contributed by atoms with Gasteiger partial charge < -0.3 is 11.1 Å². The van der Waals surface area contributed by atoms with E-state index in [1.165, 1.54) is 0 Å². The van der Waals surface area contributed by atoms with E-state index in [-0.39, 0.29) is 35.9 Å². The van der Waals surface area contributed by atoms with E-state index in [4.69, 9.17) is 5.73 Å². The Morgan fingerprint density at radius 1 is 1.33 bits per heavy atom. The highest BCUT2D eigenvalue weighted by Crippen LogP contribution is 2.12. The fraction of sp³-hybridized carbons (Fsp3) is 0.500. The molecular formula is C14H23ClN2O3S. The van der Waals surface area contributed by atoms with Crippen LogP contribution in [-0.4, -0.2) is 31.9 Å². The first kappa shape index (κ1) is 19.7. The zero-order chi connectivity index (χ0) is 15.2. The van der Waals surface area contributed by atoms with Crippen LogP contribution < -0.4 is 11.1 Å². The van der Waals surface area contributed by atoms with E-state index in [0.29, 0.717) is 18.5 Å². The Kier molecular flexibility index (Phi) is 8.36. The second-order valence-corrected chi connectivity index (χ2v) is 7.26. The first-order chi connectivity index (χ1) is 9.34. The molecule has 0 aromatic heterocycles. The first-order valence-electron chi connectivity index (χ1n) is 6.67. The number of anilines is 1. The van der Waals surface area contributed by atoms with Crippen molar-refractivity contribution in [2.75, 3.05) is 17.2 Å². The standard InChI is InChI=1S/C14H22N2O3S.ClH/c1-3-20(18,19)10-11(2)16-14(17)9-8-12-6-4-5-7-13(12)15;/h4-7,11H,3,8-10,15H2,1-2H3,(H,16,17);1H. The Morgan fingerprint density at radius 3 is 2.52 bits per heavy atom. The highest BCUT2D eigenvalue weighted by Gasteiger charge is 2.15. The van der Waals surface area contributed by atoms with Crippen molar-refractivity contribution in [3.8, 4) is 0 Å². The number of carbonyl (C=O) groups excluding carboxylic acids is 1. The number of rotatable bonds is 7. The van der Waals surface area contributed by atoms with Crippen LogP contribution in [0.5, 0.6) is 0 Å². The molecule has 0 saturated carbocycles. The molecule has 1 aromatic rings. The third-order valence-electron chi connectivity index (χ3n) is 3.03. The first-order valence-corrected chi connectivity index (χ1v) is 8.49. The van der Waals surface area contributed by atoms with Crippen molar-refractivity contribution in [1.82, 2.24) is 5.32 Å². The lowest BCUT2D eigenvalue weighted by Gasteiger charge is -2.13. The van der Waals surface area contributed by atoms with Crippen LogP contribution in [0.1, 0.15) is 25.8 Å². The summed E-state index contributed by atoms with van der Waals surface area (Å²) in [5.74, 6) is -0.0942. The highest BCUT2D eigenvalue weighted by molar-refractivity contribution is 7.91. The molecule has 0 saturated heterocycles. The van der Waals surface area contributed by atoms with Gasteiger partial charge in [0.15, 0.2) is 9.84 Å². The average molecular weight is 335 g/mol. The molecule has 1 rings (SSSR count). The Labute approximate surface area is 132 Å². The van der Waals surface area contributed by atoms with Crippen molar-refractivity contribution in [3.63, 3.8) is 0 Å². The van der Waals surface area contributed by atoms with Crippen molar-refractivity contribution >= 4 is 33.8 Å². The van der Waals surface area contributed by atoms with E-state index in [1.54, 1.807) is 19.9 Å². The maximum absolute atomic E-state index is 11.8. The summed E-state index contributed by atoms with van der Waals surface area (Å²) in [4.78, 5) is 11.8. The lowest BCUT2D eigenvalue weighted by Crippen LogP contribution is -2.38. The fourth-order valence-electron chi connectivity index (χ4n) is 1.90. The molecule has 0 aliphatic carbocycles. The van der Waals surface area contributed by atoms with E-state index < -0.39 is 9.84 Å². The molecule has 0 radical (unpaired) electrons. The van der Waals surface area contributed by atoms with Gasteiger partial charge in [-0.1, -0.05) is 25.1 Å². The molecule has 0 aliphatic heterocycles. The molecule has 120 valence electrons. The number of sulfone groups is 1. The zero-order valence-corrected chi connectivity index (χ0v) is 14.0. The maximum atomic E-state index is 11.8. The number of carbonyl (C=O) groups is 1. The Morgan fingerprint density at radius 2 is 1.95 bits per heavy atom. The van der Waals surface area contributed by atoms with Gasteiger partial charge in [0.2, 0.25) is 5.91 Å². The average Bonchev–Trinajstić information content (AvgIpc) is 2.37. The number of aryl methyl sites for hydroxylation is 1. The van der Waals surface area contributed by atoms with Gasteiger partial charge in [0.25, 0.3) is 0 Å². The van der Waals surface area contributed by atoms with Crippen molar-refractivity contribution in [2.24, 2.45) is 0 Å². The summed E-state index contributed by atoms with van der Waals surface area (Å²) in [5.41, 5.74) is 7.39. The molecule has 0 fully saturated rings. The second kappa shape index (κ2) is 8.89. The van der Waals surface area contributed by atoms with Crippen LogP contribution in [0.4, 0.5) is 5.69 Å². The number of nitrogens with two attached hydrogens (primary N) is 1. The Balaban J connectivity index is 0.00000400. The van der Waals surface area contributed by atoms with Crippen LogP contribution in [0.15, 0.2) is 24.3 Å². The molecule has 7 heteroatoms. The van der Waals surface area contributed by atoms with Gasteiger partial charge in [0, 0.05) is 23.9 Å². The van der Waals surface area contributed by atoms with Gasteiger partial charge in [-0.15, -0.1) is 12.4 Å². The van der Waals surface area contributed by atoms with E-state index in [9.17, 15) is 13.2 Å². The Hall–Kier alpha value is -1.27. The summed E-state index contributed by atoms with van der Waals surface area (Å²) >= 11 is 0. The SMILES string of the molecule is CCS(=O)(=O)CC(C)NC(=O)CCc1ccccc1N.Cl. The molecule has 1 amide bonds. The normalized spacial score (nSPS) is 12.3. The number of nitrogens with one attached hydrogen (secondary N) is 1. The third-order valence-corrected chi connectivity index (χ3v) is 4.92. The molecule has 0 heterocycles. The minimum atomic E-state index is -3.07. The predicted octanol–water partition coefficient (Wildman–Crippen LogP) is 1.56. The number of hydrogen-bond acceptors (Lipinski definition) is 4. The largest absolute Gasteiger partial charge is 0.399 e. The van der Waals surface area contributed by atoms with Crippen molar-refractivity contribution in [3.05, 3.63) is 29.8 Å². The summed E-state index contributed by atoms with van der Waals surface area (Å²) < 4.78 is 22.9. The van der Waals surface area contributed by atoms with Gasteiger partial charge in [0.05, 0.1) is 5.75 Å². The smallest absolute Gasteiger partial charge is 0.220 e. The van der Waals surface area contributed by atoms with Gasteiger partial charge in [-0.3, -0.25) is 4.79 Å². The van der Waals surface area contributed by atoms with Crippen molar-refractivity contribution in [1.29, 1.82) is 0 Å². The molecule has 0 aliphatic rings. The second-order valence-electron chi connectivity index (χ2n) is 4.87. The van der Waals surface area contributed by atoms with Gasteiger partial charge in [-0.05, 0) is 25.0 Å². The van der Waals surface area contributed by atoms with Crippen molar-refractivity contribution < 1.29 is 13.2 Å². The molecule has 0 bridgehead atoms. The zero-order valence-electron chi connectivity index (χ0n) is 12.3. The molecular weight excluding hydrogens is 312 g/mol.